The van der Waals surface area contributed by atoms with E-state index in [1.165, 1.54) is 5.56 Å². The number of aromatic nitrogens is 4. The zero-order chi connectivity index (χ0) is 27.5. The highest BCUT2D eigenvalue weighted by Crippen LogP contribution is 2.39. The monoisotopic (exact) mass is 578 g/mol. The molecule has 0 saturated heterocycles. The van der Waals surface area contributed by atoms with E-state index in [0.717, 1.165) is 29.8 Å². The predicted octanol–water partition coefficient (Wildman–Crippen LogP) is 3.25. The molecule has 212 valence electrons. The Kier molecular flexibility index (Phi) is 11.9. The van der Waals surface area contributed by atoms with E-state index in [9.17, 15) is 0 Å². The van der Waals surface area contributed by atoms with Gasteiger partial charge in [0.15, 0.2) is 0 Å². The predicted molar refractivity (Wildman–Crippen MR) is 150 cm³/mol. The lowest BCUT2D eigenvalue weighted by Gasteiger charge is -2.33. The third-order valence-electron chi connectivity index (χ3n) is 6.31. The van der Waals surface area contributed by atoms with Gasteiger partial charge in [-0.05, 0) is 47.2 Å². The van der Waals surface area contributed by atoms with Gasteiger partial charge in [-0.2, -0.15) is 4.80 Å². The van der Waals surface area contributed by atoms with E-state index < -0.39 is 0 Å². The Morgan fingerprint density at radius 3 is 2.33 bits per heavy atom. The van der Waals surface area contributed by atoms with Crippen molar-refractivity contribution in [2.24, 2.45) is 5.73 Å². The lowest BCUT2D eigenvalue weighted by Crippen LogP contribution is -2.31. The van der Waals surface area contributed by atoms with Gasteiger partial charge in [0.05, 0.1) is 59.4 Å². The number of nitrogens with two attached hydrogens (primary N) is 1. The maximum absolute atomic E-state index is 6.54. The van der Waals surface area contributed by atoms with Crippen LogP contribution >= 0.6 is 23.2 Å². The van der Waals surface area contributed by atoms with Crippen LogP contribution in [0.1, 0.15) is 22.6 Å². The molecule has 3 aromatic rings. The summed E-state index contributed by atoms with van der Waals surface area (Å²) in [7, 11) is 2.10. The minimum absolute atomic E-state index is 0.141. The summed E-state index contributed by atoms with van der Waals surface area (Å²) >= 11 is 12.9. The molecular formula is C27H36Cl2N6O4. The largest absolute Gasteiger partial charge is 0.378 e. The Bertz CT molecular complexity index is 1180. The molecule has 2 heterocycles. The van der Waals surface area contributed by atoms with Crippen molar-refractivity contribution in [1.82, 2.24) is 25.1 Å². The van der Waals surface area contributed by atoms with Crippen molar-refractivity contribution in [1.29, 1.82) is 0 Å². The van der Waals surface area contributed by atoms with Crippen molar-refractivity contribution in [3.63, 3.8) is 0 Å². The molecule has 0 amide bonds. The Labute approximate surface area is 239 Å². The summed E-state index contributed by atoms with van der Waals surface area (Å²) in [6.45, 7) is 6.77. The highest BCUT2D eigenvalue weighted by molar-refractivity contribution is 6.35. The summed E-state index contributed by atoms with van der Waals surface area (Å²) in [6, 6.07) is 12.1. The maximum atomic E-state index is 6.54. The molecule has 4 rings (SSSR count). The van der Waals surface area contributed by atoms with E-state index >= 15 is 0 Å². The Balaban J connectivity index is 1.22. The second kappa shape index (κ2) is 15.6. The van der Waals surface area contributed by atoms with Gasteiger partial charge in [-0.25, -0.2) is 0 Å². The van der Waals surface area contributed by atoms with Gasteiger partial charge in [-0.15, -0.1) is 10.2 Å². The number of benzene rings is 2. The molecule has 1 aliphatic heterocycles. The Hall–Kier alpha value is -2.15. The minimum Gasteiger partial charge on any atom is -0.378 e. The van der Waals surface area contributed by atoms with Gasteiger partial charge in [-0.3, -0.25) is 0 Å². The second-order valence-corrected chi connectivity index (χ2v) is 10.1. The first kappa shape index (κ1) is 29.8. The van der Waals surface area contributed by atoms with Gasteiger partial charge in [0, 0.05) is 41.2 Å². The van der Waals surface area contributed by atoms with Crippen LogP contribution in [0.2, 0.25) is 10.0 Å². The molecule has 0 aliphatic carbocycles. The van der Waals surface area contributed by atoms with Crippen LogP contribution in [0, 0.1) is 0 Å². The topological polar surface area (TPSA) is 110 Å². The maximum Gasteiger partial charge on any atom is 0.204 e. The fourth-order valence-electron chi connectivity index (χ4n) is 4.47. The van der Waals surface area contributed by atoms with Crippen molar-refractivity contribution in [3.8, 4) is 11.4 Å². The molecule has 39 heavy (non-hydrogen) atoms. The molecule has 1 aliphatic rings. The van der Waals surface area contributed by atoms with Crippen molar-refractivity contribution in [3.05, 3.63) is 63.1 Å². The molecular weight excluding hydrogens is 543 g/mol. The number of halogens is 2. The molecule has 2 aromatic carbocycles. The molecule has 0 saturated carbocycles. The quantitative estimate of drug-likeness (QED) is 0.256. The lowest BCUT2D eigenvalue weighted by molar-refractivity contribution is -0.00227. The molecule has 2 N–H and O–H groups in total. The first-order valence-corrected chi connectivity index (χ1v) is 13.9. The number of hydrogen-bond donors (Lipinski definition) is 1. The molecule has 0 fully saturated rings. The molecule has 12 heteroatoms. The van der Waals surface area contributed by atoms with Crippen LogP contribution in [0.25, 0.3) is 11.4 Å². The van der Waals surface area contributed by atoms with E-state index in [1.807, 2.05) is 24.3 Å². The number of fused-ring (bicyclic) bond motifs is 1. The van der Waals surface area contributed by atoms with Crippen LogP contribution < -0.4 is 5.73 Å². The number of tetrazole rings is 1. The van der Waals surface area contributed by atoms with Crippen molar-refractivity contribution < 1.29 is 18.9 Å². The van der Waals surface area contributed by atoms with E-state index in [4.69, 9.17) is 47.9 Å². The van der Waals surface area contributed by atoms with Crippen molar-refractivity contribution in [2.75, 3.05) is 73.0 Å². The van der Waals surface area contributed by atoms with Crippen molar-refractivity contribution >= 4 is 23.2 Å². The normalized spacial score (nSPS) is 15.5. The first-order chi connectivity index (χ1) is 19.0. The van der Waals surface area contributed by atoms with Gasteiger partial charge >= 0.3 is 0 Å². The van der Waals surface area contributed by atoms with E-state index in [-0.39, 0.29) is 5.92 Å². The van der Waals surface area contributed by atoms with Gasteiger partial charge in [0.2, 0.25) is 5.82 Å². The van der Waals surface area contributed by atoms with Crippen LogP contribution in [-0.2, 0) is 32.0 Å². The summed E-state index contributed by atoms with van der Waals surface area (Å²) in [5.74, 6) is 0.713. The first-order valence-electron chi connectivity index (χ1n) is 13.1. The smallest absolute Gasteiger partial charge is 0.204 e. The van der Waals surface area contributed by atoms with E-state index in [2.05, 4.69) is 39.5 Å². The molecule has 0 bridgehead atoms. The number of rotatable bonds is 16. The van der Waals surface area contributed by atoms with Gasteiger partial charge in [-0.1, -0.05) is 41.4 Å². The summed E-state index contributed by atoms with van der Waals surface area (Å²) in [5.41, 5.74) is 9.70. The number of nitrogens with zero attached hydrogens (tertiary/aromatic N) is 5. The standard InChI is InChI=1S/C27H36Cl2N6O4/c1-34-18-24(23-16-22(28)17-26(29)25(23)19-34)20-3-2-4-21(15-20)27-31-33-35(32-27)6-8-37-10-12-39-14-13-38-11-9-36-7-5-30/h2-4,15-17,24H,5-14,18-19,30H2,1H3/t24-/m0/s1. The van der Waals surface area contributed by atoms with Crippen LogP contribution in [0.4, 0.5) is 0 Å². The van der Waals surface area contributed by atoms with Gasteiger partial charge in [0.1, 0.15) is 0 Å². The van der Waals surface area contributed by atoms with Crippen LogP contribution in [0.3, 0.4) is 0 Å². The minimum atomic E-state index is 0.141. The van der Waals surface area contributed by atoms with Crippen LogP contribution in [0.15, 0.2) is 36.4 Å². The third kappa shape index (κ3) is 8.92. The summed E-state index contributed by atoms with van der Waals surface area (Å²) in [4.78, 5) is 3.82. The highest BCUT2D eigenvalue weighted by atomic mass is 35.5. The van der Waals surface area contributed by atoms with E-state index in [1.54, 1.807) is 4.80 Å². The second-order valence-electron chi connectivity index (χ2n) is 9.28. The Morgan fingerprint density at radius 1 is 0.923 bits per heavy atom. The summed E-state index contributed by atoms with van der Waals surface area (Å²) < 4.78 is 21.8. The zero-order valence-electron chi connectivity index (χ0n) is 22.2. The average molecular weight is 580 g/mol. The van der Waals surface area contributed by atoms with Crippen LogP contribution in [0.5, 0.6) is 0 Å². The average Bonchev–Trinajstić information content (AvgIpc) is 3.40. The summed E-state index contributed by atoms with van der Waals surface area (Å²) in [5, 5.41) is 14.4. The molecule has 0 spiro atoms. The van der Waals surface area contributed by atoms with Crippen LogP contribution in [-0.4, -0.2) is 98.1 Å². The van der Waals surface area contributed by atoms with Gasteiger partial charge in [0.25, 0.3) is 0 Å². The van der Waals surface area contributed by atoms with Gasteiger partial charge < -0.3 is 29.6 Å². The number of ether oxygens (including phenoxy) is 4. The third-order valence-corrected chi connectivity index (χ3v) is 6.86. The SMILES string of the molecule is CN1Cc2c(Cl)cc(Cl)cc2[C@H](c2cccc(-c3nnn(CCOCCOCCOCCOCCN)n3)c2)C1. The Morgan fingerprint density at radius 2 is 1.62 bits per heavy atom. The summed E-state index contributed by atoms with van der Waals surface area (Å²) in [6.07, 6.45) is 0. The number of hydrogen-bond acceptors (Lipinski definition) is 9. The number of likely N-dealkylation sites (N-methyl/N-ethyl adjacent to an activating group) is 1. The fourth-order valence-corrected chi connectivity index (χ4v) is 5.04. The molecule has 1 atom stereocenters. The molecule has 10 nitrogen and oxygen atoms in total. The lowest BCUT2D eigenvalue weighted by atomic mass is 9.84. The van der Waals surface area contributed by atoms with E-state index in [0.29, 0.717) is 81.8 Å². The van der Waals surface area contributed by atoms with Crippen molar-refractivity contribution in [2.45, 2.75) is 19.0 Å². The highest BCUT2D eigenvalue weighted by Gasteiger charge is 2.27. The molecule has 0 radical (unpaired) electrons. The zero-order valence-corrected chi connectivity index (χ0v) is 23.7. The molecule has 0 unspecified atom stereocenters. The fraction of sp³-hybridized carbons (Fsp3) is 0.519. The molecule has 1 aromatic heterocycles.